The number of benzene rings is 2. The van der Waals surface area contributed by atoms with E-state index in [4.69, 9.17) is 11.6 Å². The zero-order valence-corrected chi connectivity index (χ0v) is 16.5. The third kappa shape index (κ3) is 3.57. The van der Waals surface area contributed by atoms with Gasteiger partial charge in [-0.2, -0.15) is 0 Å². The minimum atomic E-state index is -3.78. The molecular weight excluding hydrogens is 372 g/mol. The van der Waals surface area contributed by atoms with E-state index in [1.807, 2.05) is 19.9 Å². The van der Waals surface area contributed by atoms with Gasteiger partial charge in [0.05, 0.1) is 15.6 Å². The normalized spacial score (nSPS) is 14.1. The molecule has 2 aromatic carbocycles. The van der Waals surface area contributed by atoms with Gasteiger partial charge in [0.2, 0.25) is 5.91 Å². The van der Waals surface area contributed by atoms with Crippen molar-refractivity contribution in [3.05, 3.63) is 52.0 Å². The van der Waals surface area contributed by atoms with E-state index < -0.39 is 10.0 Å². The quantitative estimate of drug-likeness (QED) is 0.856. The summed E-state index contributed by atoms with van der Waals surface area (Å²) in [7, 11) is -3.78. The molecule has 0 fully saturated rings. The first-order valence-corrected chi connectivity index (χ1v) is 10.3. The molecule has 0 bridgehead atoms. The number of anilines is 2. The standard InChI is InChI=1S/C19H21ClN2O3S/c1-12-9-13(2)19(17(20)10-12)21-26(24,25)16-6-7-18-15(11-16)5-4-8-22(18)14(3)23/h6-7,9-11,21H,4-5,8H2,1-3H3. The second-order valence-electron chi connectivity index (χ2n) is 6.61. The summed E-state index contributed by atoms with van der Waals surface area (Å²) in [6, 6.07) is 8.48. The minimum absolute atomic E-state index is 0.0401. The zero-order chi connectivity index (χ0) is 19.1. The topological polar surface area (TPSA) is 66.5 Å². The summed E-state index contributed by atoms with van der Waals surface area (Å²) < 4.78 is 28.3. The molecule has 0 radical (unpaired) electrons. The van der Waals surface area contributed by atoms with E-state index in [2.05, 4.69) is 4.72 Å². The Morgan fingerprint density at radius 3 is 2.58 bits per heavy atom. The first-order valence-electron chi connectivity index (χ1n) is 8.39. The van der Waals surface area contributed by atoms with E-state index in [0.29, 0.717) is 17.3 Å². The summed E-state index contributed by atoms with van der Waals surface area (Å²) in [5.41, 5.74) is 3.77. The van der Waals surface area contributed by atoms with Crippen molar-refractivity contribution >= 4 is 38.9 Å². The highest BCUT2D eigenvalue weighted by atomic mass is 35.5. The number of rotatable bonds is 3. The fraction of sp³-hybridized carbons (Fsp3) is 0.316. The van der Waals surface area contributed by atoms with Crippen LogP contribution in [0.25, 0.3) is 0 Å². The zero-order valence-electron chi connectivity index (χ0n) is 15.0. The number of amides is 1. The molecule has 26 heavy (non-hydrogen) atoms. The number of hydrogen-bond acceptors (Lipinski definition) is 3. The van der Waals surface area contributed by atoms with Crippen LogP contribution in [0.5, 0.6) is 0 Å². The monoisotopic (exact) mass is 392 g/mol. The van der Waals surface area contributed by atoms with Crippen molar-refractivity contribution in [2.45, 2.75) is 38.5 Å². The molecule has 2 aromatic rings. The van der Waals surface area contributed by atoms with Crippen molar-refractivity contribution in [3.8, 4) is 0 Å². The molecule has 0 aromatic heterocycles. The molecule has 0 unspecified atom stereocenters. The van der Waals surface area contributed by atoms with Gasteiger partial charge in [0, 0.05) is 19.2 Å². The summed E-state index contributed by atoms with van der Waals surface area (Å²) >= 11 is 6.23. The third-order valence-corrected chi connectivity index (χ3v) is 6.17. The van der Waals surface area contributed by atoms with Gasteiger partial charge in [0.1, 0.15) is 0 Å². The van der Waals surface area contributed by atoms with Crippen LogP contribution in [-0.2, 0) is 21.2 Å². The molecule has 0 spiro atoms. The Balaban J connectivity index is 1.97. The maximum atomic E-state index is 12.8. The minimum Gasteiger partial charge on any atom is -0.312 e. The molecular formula is C19H21ClN2O3S. The Morgan fingerprint density at radius 2 is 1.92 bits per heavy atom. The maximum absolute atomic E-state index is 12.8. The molecule has 1 heterocycles. The van der Waals surface area contributed by atoms with E-state index in [1.165, 1.54) is 13.0 Å². The fourth-order valence-electron chi connectivity index (χ4n) is 3.31. The molecule has 0 atom stereocenters. The van der Waals surface area contributed by atoms with Gasteiger partial charge >= 0.3 is 0 Å². The maximum Gasteiger partial charge on any atom is 0.261 e. The van der Waals surface area contributed by atoms with Crippen molar-refractivity contribution < 1.29 is 13.2 Å². The Hall–Kier alpha value is -2.05. The first-order chi connectivity index (χ1) is 12.2. The second-order valence-corrected chi connectivity index (χ2v) is 8.70. The Labute approximate surface area is 159 Å². The lowest BCUT2D eigenvalue weighted by Gasteiger charge is -2.29. The molecule has 138 valence electrons. The van der Waals surface area contributed by atoms with Gasteiger partial charge < -0.3 is 4.90 Å². The summed E-state index contributed by atoms with van der Waals surface area (Å²) in [6.45, 7) is 5.89. The summed E-state index contributed by atoms with van der Waals surface area (Å²) in [6.07, 6.45) is 1.55. The van der Waals surface area contributed by atoms with E-state index in [0.717, 1.165) is 35.2 Å². The highest BCUT2D eigenvalue weighted by Crippen LogP contribution is 2.32. The molecule has 1 aliphatic rings. The van der Waals surface area contributed by atoms with E-state index in [9.17, 15) is 13.2 Å². The summed E-state index contributed by atoms with van der Waals surface area (Å²) in [5, 5.41) is 0.367. The number of nitrogens with zero attached hydrogens (tertiary/aromatic N) is 1. The highest BCUT2D eigenvalue weighted by molar-refractivity contribution is 7.92. The predicted molar refractivity (Wildman–Crippen MR) is 105 cm³/mol. The lowest BCUT2D eigenvalue weighted by atomic mass is 10.0. The van der Waals surface area contributed by atoms with Crippen LogP contribution < -0.4 is 9.62 Å². The lowest BCUT2D eigenvalue weighted by Crippen LogP contribution is -2.33. The van der Waals surface area contributed by atoms with E-state index >= 15 is 0 Å². The molecule has 0 saturated carbocycles. The van der Waals surface area contributed by atoms with Crippen LogP contribution in [0, 0.1) is 13.8 Å². The Bertz CT molecular complexity index is 963. The van der Waals surface area contributed by atoms with Crippen molar-refractivity contribution in [1.82, 2.24) is 0 Å². The lowest BCUT2D eigenvalue weighted by molar-refractivity contribution is -0.116. The number of fused-ring (bicyclic) bond motifs is 1. The van der Waals surface area contributed by atoms with Gasteiger partial charge in [0.15, 0.2) is 0 Å². The Kier molecular flexibility index (Phi) is 4.99. The molecule has 5 nitrogen and oxygen atoms in total. The summed E-state index contributed by atoms with van der Waals surface area (Å²) in [5.74, 6) is -0.0401. The number of nitrogens with one attached hydrogen (secondary N) is 1. The van der Waals surface area contributed by atoms with Crippen molar-refractivity contribution in [2.24, 2.45) is 0 Å². The average molecular weight is 393 g/mol. The van der Waals surface area contributed by atoms with Crippen LogP contribution in [0.15, 0.2) is 35.2 Å². The van der Waals surface area contributed by atoms with E-state index in [1.54, 1.807) is 23.1 Å². The number of carbonyl (C=O) groups excluding carboxylic acids is 1. The molecule has 0 saturated heterocycles. The van der Waals surface area contributed by atoms with Gasteiger partial charge in [0.25, 0.3) is 10.0 Å². The van der Waals surface area contributed by atoms with Gasteiger partial charge in [-0.25, -0.2) is 8.42 Å². The number of sulfonamides is 1. The van der Waals surface area contributed by atoms with Crippen LogP contribution in [-0.4, -0.2) is 20.9 Å². The van der Waals surface area contributed by atoms with Gasteiger partial charge in [-0.1, -0.05) is 17.7 Å². The predicted octanol–water partition coefficient (Wildman–Crippen LogP) is 4.06. The van der Waals surface area contributed by atoms with Crippen molar-refractivity contribution in [3.63, 3.8) is 0 Å². The van der Waals surface area contributed by atoms with Crippen LogP contribution >= 0.6 is 11.6 Å². The number of halogens is 1. The van der Waals surface area contributed by atoms with Crippen LogP contribution in [0.1, 0.15) is 30.0 Å². The van der Waals surface area contributed by atoms with Crippen LogP contribution in [0.4, 0.5) is 11.4 Å². The van der Waals surface area contributed by atoms with Crippen LogP contribution in [0.3, 0.4) is 0 Å². The van der Waals surface area contributed by atoms with Gasteiger partial charge in [-0.3, -0.25) is 9.52 Å². The van der Waals surface area contributed by atoms with E-state index in [-0.39, 0.29) is 10.8 Å². The van der Waals surface area contributed by atoms with Crippen LogP contribution in [0.2, 0.25) is 5.02 Å². The molecule has 7 heteroatoms. The number of hydrogen-bond donors (Lipinski definition) is 1. The largest absolute Gasteiger partial charge is 0.312 e. The molecule has 1 amide bonds. The first kappa shape index (κ1) is 18.7. The molecule has 0 aliphatic carbocycles. The fourth-order valence-corrected chi connectivity index (χ4v) is 4.93. The van der Waals surface area contributed by atoms with Gasteiger partial charge in [-0.15, -0.1) is 0 Å². The summed E-state index contributed by atoms with van der Waals surface area (Å²) in [4.78, 5) is 13.6. The average Bonchev–Trinajstić information content (AvgIpc) is 2.57. The SMILES string of the molecule is CC(=O)N1CCCc2cc(S(=O)(=O)Nc3c(C)cc(C)cc3Cl)ccc21. The van der Waals surface area contributed by atoms with Gasteiger partial charge in [-0.05, 0) is 67.6 Å². The van der Waals surface area contributed by atoms with Crippen molar-refractivity contribution in [1.29, 1.82) is 0 Å². The third-order valence-electron chi connectivity index (χ3n) is 4.53. The number of aryl methyl sites for hydroxylation is 3. The molecule has 1 aliphatic heterocycles. The molecule has 1 N–H and O–H groups in total. The Morgan fingerprint density at radius 1 is 1.19 bits per heavy atom. The van der Waals surface area contributed by atoms with Crippen molar-refractivity contribution in [2.75, 3.05) is 16.2 Å². The molecule has 3 rings (SSSR count). The highest BCUT2D eigenvalue weighted by Gasteiger charge is 2.24. The second kappa shape index (κ2) is 6.93. The smallest absolute Gasteiger partial charge is 0.261 e. The number of carbonyl (C=O) groups is 1.